The highest BCUT2D eigenvalue weighted by Gasteiger charge is 2.31. The summed E-state index contributed by atoms with van der Waals surface area (Å²) in [6, 6.07) is 14.2. The first kappa shape index (κ1) is 20.4. The molecule has 0 unspecified atom stereocenters. The lowest BCUT2D eigenvalue weighted by atomic mass is 9.90. The first-order chi connectivity index (χ1) is 14.1. The number of carbonyl (C=O) groups is 1. The Hall–Kier alpha value is -1.91. The van der Waals surface area contributed by atoms with Gasteiger partial charge < -0.3 is 9.80 Å². The van der Waals surface area contributed by atoms with Crippen LogP contribution in [0.1, 0.15) is 48.6 Å². The van der Waals surface area contributed by atoms with Crippen LogP contribution < -0.4 is 0 Å². The molecule has 3 heterocycles. The Kier molecular flexibility index (Phi) is 6.51. The van der Waals surface area contributed by atoms with Gasteiger partial charge in [-0.25, -0.2) is 0 Å². The van der Waals surface area contributed by atoms with Crippen LogP contribution in [0.15, 0.2) is 42.5 Å². The van der Waals surface area contributed by atoms with Gasteiger partial charge in [0.2, 0.25) is 5.91 Å². The zero-order valence-electron chi connectivity index (χ0n) is 17.2. The van der Waals surface area contributed by atoms with E-state index >= 15 is 0 Å². The Morgan fingerprint density at radius 1 is 1.07 bits per heavy atom. The van der Waals surface area contributed by atoms with Gasteiger partial charge in [0.05, 0.1) is 0 Å². The molecule has 0 aliphatic carbocycles. The van der Waals surface area contributed by atoms with Gasteiger partial charge in [-0.15, -0.1) is 0 Å². The van der Waals surface area contributed by atoms with Crippen molar-refractivity contribution in [1.29, 1.82) is 0 Å². The van der Waals surface area contributed by atoms with Crippen molar-refractivity contribution >= 4 is 17.5 Å². The predicted molar refractivity (Wildman–Crippen MR) is 117 cm³/mol. The summed E-state index contributed by atoms with van der Waals surface area (Å²) in [6.45, 7) is 3.74. The highest BCUT2D eigenvalue weighted by molar-refractivity contribution is 6.31. The molecule has 5 heteroatoms. The van der Waals surface area contributed by atoms with Gasteiger partial charge in [-0.2, -0.15) is 0 Å². The summed E-state index contributed by atoms with van der Waals surface area (Å²) in [5.74, 6) is 0.879. The monoisotopic (exact) mass is 411 g/mol. The minimum absolute atomic E-state index is 0.199. The number of halogens is 1. The Bertz CT molecular complexity index is 848. The Labute approximate surface area is 178 Å². The number of likely N-dealkylation sites (tertiary alicyclic amines) is 2. The minimum atomic E-state index is 0.199. The fraction of sp³-hybridized carbons (Fsp3) is 0.500. The molecule has 1 amide bonds. The lowest BCUT2D eigenvalue weighted by Crippen LogP contribution is -2.45. The number of hydrogen-bond acceptors (Lipinski definition) is 3. The molecule has 0 radical (unpaired) electrons. The summed E-state index contributed by atoms with van der Waals surface area (Å²) in [5, 5.41) is 0.785. The highest BCUT2D eigenvalue weighted by atomic mass is 35.5. The molecule has 2 aromatic rings. The van der Waals surface area contributed by atoms with Crippen molar-refractivity contribution in [1.82, 2.24) is 14.8 Å². The second kappa shape index (κ2) is 9.27. The van der Waals surface area contributed by atoms with Crippen molar-refractivity contribution in [2.75, 3.05) is 33.2 Å². The molecule has 1 aromatic carbocycles. The smallest absolute Gasteiger partial charge is 0.225 e. The first-order valence-corrected chi connectivity index (χ1v) is 11.1. The minimum Gasteiger partial charge on any atom is -0.342 e. The molecule has 154 valence electrons. The van der Waals surface area contributed by atoms with E-state index in [0.29, 0.717) is 11.8 Å². The van der Waals surface area contributed by atoms with Crippen molar-refractivity contribution in [2.45, 2.75) is 38.0 Å². The molecular weight excluding hydrogens is 382 g/mol. The second-order valence-electron chi connectivity index (χ2n) is 8.52. The molecule has 1 aromatic heterocycles. The van der Waals surface area contributed by atoms with Gasteiger partial charge >= 0.3 is 0 Å². The molecule has 4 rings (SSSR count). The first-order valence-electron chi connectivity index (χ1n) is 10.8. The lowest BCUT2D eigenvalue weighted by molar-refractivity contribution is -0.138. The number of pyridine rings is 1. The summed E-state index contributed by atoms with van der Waals surface area (Å²) >= 11 is 6.32. The van der Waals surface area contributed by atoms with Gasteiger partial charge in [0, 0.05) is 47.8 Å². The van der Waals surface area contributed by atoms with E-state index < -0.39 is 0 Å². The van der Waals surface area contributed by atoms with Crippen LogP contribution in [0.4, 0.5) is 0 Å². The summed E-state index contributed by atoms with van der Waals surface area (Å²) in [7, 11) is 2.14. The SMILES string of the molecule is CN1CCC(C(=O)N2CCC[C@@H](c3cccc(Cc4ccccc4Cl)n3)C2)CC1. The van der Waals surface area contributed by atoms with Gasteiger partial charge in [-0.05, 0) is 69.6 Å². The fourth-order valence-corrected chi connectivity index (χ4v) is 4.80. The average Bonchev–Trinajstić information content (AvgIpc) is 2.76. The van der Waals surface area contributed by atoms with E-state index in [4.69, 9.17) is 16.6 Å². The third kappa shape index (κ3) is 4.99. The molecule has 0 spiro atoms. The second-order valence-corrected chi connectivity index (χ2v) is 8.93. The van der Waals surface area contributed by atoms with E-state index in [0.717, 1.165) is 80.3 Å². The van der Waals surface area contributed by atoms with Crippen LogP contribution in [0.25, 0.3) is 0 Å². The Balaban J connectivity index is 1.43. The number of benzene rings is 1. The van der Waals surface area contributed by atoms with E-state index in [2.05, 4.69) is 41.1 Å². The number of carbonyl (C=O) groups excluding carboxylic acids is 1. The number of hydrogen-bond donors (Lipinski definition) is 0. The van der Waals surface area contributed by atoms with Crippen molar-refractivity contribution in [2.24, 2.45) is 5.92 Å². The maximum absolute atomic E-state index is 13.1. The fourth-order valence-electron chi connectivity index (χ4n) is 4.59. The van der Waals surface area contributed by atoms with Crippen molar-refractivity contribution in [3.05, 3.63) is 64.4 Å². The van der Waals surface area contributed by atoms with Gasteiger partial charge in [-0.1, -0.05) is 35.9 Å². The van der Waals surface area contributed by atoms with Crippen molar-refractivity contribution in [3.63, 3.8) is 0 Å². The standard InChI is InChI=1S/C24H30ClN3O/c1-27-14-11-18(12-15-27)24(29)28-13-5-7-20(17-28)23-10-4-8-21(26-23)16-19-6-2-3-9-22(19)25/h2-4,6,8-10,18,20H,5,7,11-17H2,1H3/t20-/m1/s1. The summed E-state index contributed by atoms with van der Waals surface area (Å²) < 4.78 is 0. The van der Waals surface area contributed by atoms with Crippen LogP contribution in [0.5, 0.6) is 0 Å². The van der Waals surface area contributed by atoms with Crippen LogP contribution in [0, 0.1) is 5.92 Å². The van der Waals surface area contributed by atoms with Crippen LogP contribution in [0.2, 0.25) is 5.02 Å². The summed E-state index contributed by atoms with van der Waals surface area (Å²) in [6.07, 6.45) is 4.86. The average molecular weight is 412 g/mol. The largest absolute Gasteiger partial charge is 0.342 e. The Morgan fingerprint density at radius 2 is 1.86 bits per heavy atom. The van der Waals surface area contributed by atoms with Crippen LogP contribution in [-0.2, 0) is 11.2 Å². The number of nitrogens with zero attached hydrogens (tertiary/aromatic N) is 3. The molecule has 29 heavy (non-hydrogen) atoms. The van der Waals surface area contributed by atoms with Gasteiger partial charge in [0.15, 0.2) is 0 Å². The molecule has 2 saturated heterocycles. The number of piperidine rings is 2. The zero-order valence-corrected chi connectivity index (χ0v) is 17.9. The van der Waals surface area contributed by atoms with E-state index in [1.165, 1.54) is 0 Å². The molecule has 4 nitrogen and oxygen atoms in total. The number of aromatic nitrogens is 1. The lowest BCUT2D eigenvalue weighted by Gasteiger charge is -2.37. The number of amides is 1. The quantitative estimate of drug-likeness (QED) is 0.749. The molecule has 2 fully saturated rings. The van der Waals surface area contributed by atoms with E-state index in [-0.39, 0.29) is 5.92 Å². The topological polar surface area (TPSA) is 36.4 Å². The highest BCUT2D eigenvalue weighted by Crippen LogP contribution is 2.29. The molecule has 0 saturated carbocycles. The van der Waals surface area contributed by atoms with Crippen molar-refractivity contribution in [3.8, 4) is 0 Å². The molecule has 2 aliphatic rings. The van der Waals surface area contributed by atoms with Gasteiger partial charge in [-0.3, -0.25) is 9.78 Å². The normalized spacial score (nSPS) is 21.3. The third-order valence-corrected chi connectivity index (χ3v) is 6.75. The molecular formula is C24H30ClN3O. The molecule has 0 bridgehead atoms. The summed E-state index contributed by atoms with van der Waals surface area (Å²) in [4.78, 5) is 22.4. The van der Waals surface area contributed by atoms with Crippen LogP contribution in [-0.4, -0.2) is 53.9 Å². The van der Waals surface area contributed by atoms with E-state index in [1.807, 2.05) is 18.2 Å². The van der Waals surface area contributed by atoms with Crippen molar-refractivity contribution < 1.29 is 4.79 Å². The maximum Gasteiger partial charge on any atom is 0.225 e. The van der Waals surface area contributed by atoms with E-state index in [9.17, 15) is 4.79 Å². The van der Waals surface area contributed by atoms with E-state index in [1.54, 1.807) is 0 Å². The molecule has 1 atom stereocenters. The van der Waals surface area contributed by atoms with Gasteiger partial charge in [0.25, 0.3) is 0 Å². The Morgan fingerprint density at radius 3 is 2.66 bits per heavy atom. The molecule has 0 N–H and O–H groups in total. The predicted octanol–water partition coefficient (Wildman–Crippen LogP) is 4.37. The summed E-state index contributed by atoms with van der Waals surface area (Å²) in [5.41, 5.74) is 3.24. The maximum atomic E-state index is 13.1. The van der Waals surface area contributed by atoms with Crippen LogP contribution in [0.3, 0.4) is 0 Å². The zero-order chi connectivity index (χ0) is 20.2. The van der Waals surface area contributed by atoms with Gasteiger partial charge in [0.1, 0.15) is 0 Å². The number of rotatable bonds is 4. The third-order valence-electron chi connectivity index (χ3n) is 6.38. The molecule has 2 aliphatic heterocycles. The van der Waals surface area contributed by atoms with Crippen LogP contribution >= 0.6 is 11.6 Å².